The van der Waals surface area contributed by atoms with Crippen LogP contribution in [-0.4, -0.2) is 16.0 Å². The number of anilines is 1. The molecule has 4 nitrogen and oxygen atoms in total. The Morgan fingerprint density at radius 2 is 2.05 bits per heavy atom. The van der Waals surface area contributed by atoms with Crippen molar-refractivity contribution in [2.75, 3.05) is 5.32 Å². The highest BCUT2D eigenvalue weighted by Crippen LogP contribution is 2.39. The van der Waals surface area contributed by atoms with E-state index in [9.17, 15) is 4.39 Å². The first-order chi connectivity index (χ1) is 10.5. The SMILES string of the molecule is CCC(C)Nc1nc(C#N)nc(Cl)c1-c1c(F)cccc1Cl. The second kappa shape index (κ2) is 6.91. The summed E-state index contributed by atoms with van der Waals surface area (Å²) in [6, 6.07) is 6.23. The molecule has 0 bridgehead atoms. The van der Waals surface area contributed by atoms with Crippen molar-refractivity contribution in [1.82, 2.24) is 9.97 Å². The van der Waals surface area contributed by atoms with Crippen molar-refractivity contribution in [3.05, 3.63) is 40.0 Å². The van der Waals surface area contributed by atoms with Crippen LogP contribution in [0, 0.1) is 17.1 Å². The first-order valence-electron chi connectivity index (χ1n) is 6.66. The molecule has 7 heteroatoms. The molecule has 2 aromatic rings. The zero-order valence-corrected chi connectivity index (χ0v) is 13.5. The van der Waals surface area contributed by atoms with Crippen molar-refractivity contribution in [3.63, 3.8) is 0 Å². The topological polar surface area (TPSA) is 61.6 Å². The summed E-state index contributed by atoms with van der Waals surface area (Å²) >= 11 is 12.3. The Morgan fingerprint density at radius 1 is 1.32 bits per heavy atom. The van der Waals surface area contributed by atoms with E-state index in [1.807, 2.05) is 19.9 Å². The lowest BCUT2D eigenvalue weighted by Crippen LogP contribution is -2.16. The van der Waals surface area contributed by atoms with Crippen LogP contribution in [0.15, 0.2) is 18.2 Å². The molecule has 114 valence electrons. The van der Waals surface area contributed by atoms with Gasteiger partial charge in [-0.3, -0.25) is 0 Å². The van der Waals surface area contributed by atoms with Gasteiger partial charge in [-0.15, -0.1) is 0 Å². The third-order valence-corrected chi connectivity index (χ3v) is 3.76. The number of hydrogen-bond donors (Lipinski definition) is 1. The van der Waals surface area contributed by atoms with Gasteiger partial charge in [-0.05, 0) is 25.5 Å². The fraction of sp³-hybridized carbons (Fsp3) is 0.267. The second-order valence-corrected chi connectivity index (χ2v) is 5.49. The van der Waals surface area contributed by atoms with Crippen LogP contribution in [0.1, 0.15) is 26.1 Å². The summed E-state index contributed by atoms with van der Waals surface area (Å²) in [6.45, 7) is 3.93. The number of rotatable bonds is 4. The van der Waals surface area contributed by atoms with E-state index in [-0.39, 0.29) is 39.0 Å². The second-order valence-electron chi connectivity index (χ2n) is 4.72. The molecule has 0 aliphatic carbocycles. The molecule has 1 N–H and O–H groups in total. The Morgan fingerprint density at radius 3 is 2.64 bits per heavy atom. The van der Waals surface area contributed by atoms with Crippen LogP contribution >= 0.6 is 23.2 Å². The molecular weight excluding hydrogens is 326 g/mol. The van der Waals surface area contributed by atoms with E-state index in [4.69, 9.17) is 28.5 Å². The molecule has 0 aliphatic rings. The Labute approximate surface area is 137 Å². The van der Waals surface area contributed by atoms with Crippen molar-refractivity contribution < 1.29 is 4.39 Å². The highest BCUT2D eigenvalue weighted by molar-refractivity contribution is 6.36. The molecule has 0 saturated carbocycles. The predicted molar refractivity (Wildman–Crippen MR) is 85.5 cm³/mol. The van der Waals surface area contributed by atoms with Crippen LogP contribution in [0.3, 0.4) is 0 Å². The van der Waals surface area contributed by atoms with Crippen LogP contribution < -0.4 is 5.32 Å². The van der Waals surface area contributed by atoms with Crippen molar-refractivity contribution in [2.45, 2.75) is 26.3 Å². The molecule has 0 saturated heterocycles. The standard InChI is InChI=1S/C15H13Cl2FN4/c1-3-8(2)20-15-13(14(17)21-11(7-19)22-15)12-9(16)5-4-6-10(12)18/h4-6,8H,3H2,1-2H3,(H,20,21,22). The molecule has 1 aromatic heterocycles. The minimum atomic E-state index is -0.532. The number of halogens is 3. The van der Waals surface area contributed by atoms with Gasteiger partial charge in [0.2, 0.25) is 5.82 Å². The predicted octanol–water partition coefficient (Wildman–Crippen LogP) is 4.67. The Kier molecular flexibility index (Phi) is 5.17. The number of nitrogens with zero attached hydrogens (tertiary/aromatic N) is 3. The van der Waals surface area contributed by atoms with Gasteiger partial charge >= 0.3 is 0 Å². The number of hydrogen-bond acceptors (Lipinski definition) is 4. The molecular formula is C15H13Cl2FN4. The van der Waals surface area contributed by atoms with Gasteiger partial charge in [0.05, 0.1) is 10.6 Å². The van der Waals surface area contributed by atoms with Crippen LogP contribution in [0.2, 0.25) is 10.2 Å². The normalized spacial score (nSPS) is 11.8. The van der Waals surface area contributed by atoms with Crippen molar-refractivity contribution in [3.8, 4) is 17.2 Å². The molecule has 1 aromatic carbocycles. The van der Waals surface area contributed by atoms with E-state index in [0.717, 1.165) is 6.42 Å². The maximum atomic E-state index is 14.2. The largest absolute Gasteiger partial charge is 0.367 e. The molecule has 2 rings (SSSR count). The third-order valence-electron chi connectivity index (χ3n) is 3.17. The third kappa shape index (κ3) is 3.29. The minimum Gasteiger partial charge on any atom is -0.367 e. The summed E-state index contributed by atoms with van der Waals surface area (Å²) in [7, 11) is 0. The molecule has 0 aliphatic heterocycles. The maximum Gasteiger partial charge on any atom is 0.235 e. The average Bonchev–Trinajstić information content (AvgIpc) is 2.48. The van der Waals surface area contributed by atoms with Gasteiger partial charge in [-0.2, -0.15) is 5.26 Å². The lowest BCUT2D eigenvalue weighted by atomic mass is 10.1. The fourth-order valence-electron chi connectivity index (χ4n) is 1.88. The molecule has 0 amide bonds. The molecule has 0 fully saturated rings. The summed E-state index contributed by atoms with van der Waals surface area (Å²) < 4.78 is 14.2. The van der Waals surface area contributed by atoms with E-state index in [1.165, 1.54) is 12.1 Å². The number of nitrogens with one attached hydrogen (secondary N) is 1. The lowest BCUT2D eigenvalue weighted by molar-refractivity contribution is 0.631. The van der Waals surface area contributed by atoms with E-state index in [1.54, 1.807) is 6.07 Å². The number of nitriles is 1. The summed E-state index contributed by atoms with van der Waals surface area (Å²) in [5.74, 6) is -0.333. The Bertz CT molecular complexity index is 723. The van der Waals surface area contributed by atoms with E-state index < -0.39 is 5.82 Å². The van der Waals surface area contributed by atoms with Gasteiger partial charge in [0.1, 0.15) is 22.9 Å². The zero-order valence-electron chi connectivity index (χ0n) is 12.0. The zero-order chi connectivity index (χ0) is 16.3. The van der Waals surface area contributed by atoms with Crippen molar-refractivity contribution in [1.29, 1.82) is 5.26 Å². The van der Waals surface area contributed by atoms with Crippen molar-refractivity contribution in [2.24, 2.45) is 0 Å². The van der Waals surface area contributed by atoms with Gasteiger partial charge in [-0.25, -0.2) is 14.4 Å². The number of benzene rings is 1. The smallest absolute Gasteiger partial charge is 0.235 e. The monoisotopic (exact) mass is 338 g/mol. The van der Waals surface area contributed by atoms with E-state index >= 15 is 0 Å². The average molecular weight is 339 g/mol. The van der Waals surface area contributed by atoms with Gasteiger partial charge in [-0.1, -0.05) is 36.2 Å². The fourth-order valence-corrected chi connectivity index (χ4v) is 2.40. The van der Waals surface area contributed by atoms with Crippen LogP contribution in [0.5, 0.6) is 0 Å². The Balaban J connectivity index is 2.71. The van der Waals surface area contributed by atoms with E-state index in [0.29, 0.717) is 0 Å². The lowest BCUT2D eigenvalue weighted by Gasteiger charge is -2.17. The summed E-state index contributed by atoms with van der Waals surface area (Å²) in [5.41, 5.74) is 0.369. The van der Waals surface area contributed by atoms with Crippen LogP contribution in [0.4, 0.5) is 10.2 Å². The number of aromatic nitrogens is 2. The van der Waals surface area contributed by atoms with Gasteiger partial charge < -0.3 is 5.32 Å². The summed E-state index contributed by atoms with van der Waals surface area (Å²) in [5, 5.41) is 12.3. The molecule has 0 spiro atoms. The van der Waals surface area contributed by atoms with Gasteiger partial charge in [0.25, 0.3) is 0 Å². The molecule has 22 heavy (non-hydrogen) atoms. The molecule has 1 atom stereocenters. The highest BCUT2D eigenvalue weighted by Gasteiger charge is 2.21. The molecule has 0 radical (unpaired) electrons. The van der Waals surface area contributed by atoms with Crippen molar-refractivity contribution >= 4 is 29.0 Å². The minimum absolute atomic E-state index is 0.0237. The Hall–Kier alpha value is -1.90. The summed E-state index contributed by atoms with van der Waals surface area (Å²) in [4.78, 5) is 7.98. The van der Waals surface area contributed by atoms with Crippen LogP contribution in [0.25, 0.3) is 11.1 Å². The molecule has 1 unspecified atom stereocenters. The van der Waals surface area contributed by atoms with E-state index in [2.05, 4.69) is 15.3 Å². The maximum absolute atomic E-state index is 14.2. The first kappa shape index (κ1) is 16.5. The first-order valence-corrected chi connectivity index (χ1v) is 7.42. The van der Waals surface area contributed by atoms with Gasteiger partial charge in [0, 0.05) is 11.6 Å². The van der Waals surface area contributed by atoms with Gasteiger partial charge in [0.15, 0.2) is 0 Å². The quantitative estimate of drug-likeness (QED) is 0.822. The van der Waals surface area contributed by atoms with Crippen LogP contribution in [-0.2, 0) is 0 Å². The molecule has 1 heterocycles. The summed E-state index contributed by atoms with van der Waals surface area (Å²) in [6.07, 6.45) is 0.813. The highest BCUT2D eigenvalue weighted by atomic mass is 35.5.